The Morgan fingerprint density at radius 2 is 2.04 bits per heavy atom. The van der Waals surface area contributed by atoms with Gasteiger partial charge in [0.05, 0.1) is 16.0 Å². The zero-order valence-electron chi connectivity index (χ0n) is 13.5. The van der Waals surface area contributed by atoms with Crippen LogP contribution in [0.15, 0.2) is 36.9 Å². The molecule has 24 heavy (non-hydrogen) atoms. The zero-order chi connectivity index (χ0) is 17.1. The van der Waals surface area contributed by atoms with E-state index in [0.717, 1.165) is 17.5 Å². The number of hydrogen-bond acceptors (Lipinski definition) is 6. The predicted octanol–water partition coefficient (Wildman–Crippen LogP) is 3.18. The molecule has 8 nitrogen and oxygen atoms in total. The summed E-state index contributed by atoms with van der Waals surface area (Å²) in [6, 6.07) is 7.42. The van der Waals surface area contributed by atoms with Gasteiger partial charge < -0.3 is 5.32 Å². The molecular formula is C16H18N6O2. The van der Waals surface area contributed by atoms with Crippen molar-refractivity contribution >= 4 is 22.5 Å². The lowest BCUT2D eigenvalue weighted by molar-refractivity contribution is -0.384. The highest BCUT2D eigenvalue weighted by Gasteiger charge is 2.25. The average Bonchev–Trinajstić information content (AvgIpc) is 2.98. The fourth-order valence-electron chi connectivity index (χ4n) is 2.45. The van der Waals surface area contributed by atoms with Gasteiger partial charge in [-0.2, -0.15) is 0 Å². The van der Waals surface area contributed by atoms with E-state index < -0.39 is 4.92 Å². The van der Waals surface area contributed by atoms with Crippen LogP contribution in [0.4, 0.5) is 11.5 Å². The lowest BCUT2D eigenvalue weighted by atomic mass is 10.1. The molecule has 0 amide bonds. The van der Waals surface area contributed by atoms with E-state index in [1.165, 1.54) is 12.7 Å². The first-order valence-electron chi connectivity index (χ1n) is 7.73. The molecule has 0 saturated carbocycles. The van der Waals surface area contributed by atoms with Crippen molar-refractivity contribution in [2.75, 3.05) is 11.9 Å². The summed E-state index contributed by atoms with van der Waals surface area (Å²) in [5.74, 6) is 0.926. The van der Waals surface area contributed by atoms with Gasteiger partial charge in [0.1, 0.15) is 12.7 Å². The lowest BCUT2D eigenvalue weighted by Crippen LogP contribution is -2.11. The molecule has 0 aliphatic carbocycles. The predicted molar refractivity (Wildman–Crippen MR) is 91.3 cm³/mol. The Labute approximate surface area is 138 Å². The number of imidazole rings is 1. The molecule has 8 heteroatoms. The first-order valence-corrected chi connectivity index (χ1v) is 7.73. The van der Waals surface area contributed by atoms with Crippen molar-refractivity contribution < 1.29 is 4.92 Å². The second-order valence-electron chi connectivity index (χ2n) is 5.86. The van der Waals surface area contributed by atoms with Crippen LogP contribution in [0.25, 0.3) is 16.9 Å². The van der Waals surface area contributed by atoms with Crippen molar-refractivity contribution in [2.24, 2.45) is 5.92 Å². The largest absolute Gasteiger partial charge is 0.364 e. The summed E-state index contributed by atoms with van der Waals surface area (Å²) in [4.78, 5) is 23.6. The maximum absolute atomic E-state index is 11.6. The van der Waals surface area contributed by atoms with Crippen LogP contribution in [-0.2, 0) is 0 Å². The van der Waals surface area contributed by atoms with Gasteiger partial charge in [0.2, 0.25) is 11.6 Å². The van der Waals surface area contributed by atoms with Crippen LogP contribution >= 0.6 is 0 Å². The minimum atomic E-state index is -0.457. The van der Waals surface area contributed by atoms with E-state index >= 15 is 0 Å². The summed E-state index contributed by atoms with van der Waals surface area (Å²) >= 11 is 0. The Morgan fingerprint density at radius 3 is 2.79 bits per heavy atom. The van der Waals surface area contributed by atoms with E-state index in [1.807, 2.05) is 24.3 Å². The first kappa shape index (κ1) is 15.9. The van der Waals surface area contributed by atoms with E-state index in [2.05, 4.69) is 34.1 Å². The number of rotatable bonds is 6. The number of fused-ring (bicyclic) bond motifs is 1. The summed E-state index contributed by atoms with van der Waals surface area (Å²) < 4.78 is 1.61. The van der Waals surface area contributed by atoms with Gasteiger partial charge in [0.25, 0.3) is 0 Å². The second-order valence-corrected chi connectivity index (χ2v) is 5.86. The van der Waals surface area contributed by atoms with Crippen molar-refractivity contribution in [2.45, 2.75) is 20.3 Å². The number of anilines is 1. The fourth-order valence-corrected chi connectivity index (χ4v) is 2.45. The molecule has 0 atom stereocenters. The van der Waals surface area contributed by atoms with E-state index in [0.29, 0.717) is 12.5 Å². The highest BCUT2D eigenvalue weighted by Crippen LogP contribution is 2.29. The van der Waals surface area contributed by atoms with Crippen molar-refractivity contribution in [1.82, 2.24) is 19.5 Å². The number of nitrogens with zero attached hydrogens (tertiary/aromatic N) is 5. The topological polar surface area (TPSA) is 98.8 Å². The number of para-hydroxylation sites is 2. The number of hydrogen-bond donors (Lipinski definition) is 1. The highest BCUT2D eigenvalue weighted by atomic mass is 16.6. The van der Waals surface area contributed by atoms with Crippen LogP contribution in [0.1, 0.15) is 20.3 Å². The van der Waals surface area contributed by atoms with Crippen LogP contribution in [-0.4, -0.2) is 31.0 Å². The van der Waals surface area contributed by atoms with Crippen molar-refractivity contribution in [3.63, 3.8) is 0 Å². The lowest BCUT2D eigenvalue weighted by Gasteiger charge is -2.10. The van der Waals surface area contributed by atoms with Gasteiger partial charge in [0.15, 0.2) is 0 Å². The summed E-state index contributed by atoms with van der Waals surface area (Å²) in [6.07, 6.45) is 3.76. The van der Waals surface area contributed by atoms with E-state index in [-0.39, 0.29) is 17.3 Å². The molecule has 0 radical (unpaired) electrons. The number of nitrogens with one attached hydrogen (secondary N) is 1. The van der Waals surface area contributed by atoms with Gasteiger partial charge in [0, 0.05) is 6.54 Å². The molecule has 0 bridgehead atoms. The van der Waals surface area contributed by atoms with Gasteiger partial charge in [-0.3, -0.25) is 14.7 Å². The monoisotopic (exact) mass is 326 g/mol. The highest BCUT2D eigenvalue weighted by molar-refractivity contribution is 5.78. The Morgan fingerprint density at radius 1 is 1.25 bits per heavy atom. The molecule has 0 saturated heterocycles. The van der Waals surface area contributed by atoms with Gasteiger partial charge >= 0.3 is 5.69 Å². The number of nitro groups is 1. The van der Waals surface area contributed by atoms with E-state index in [4.69, 9.17) is 0 Å². The van der Waals surface area contributed by atoms with Gasteiger partial charge in [-0.15, -0.1) is 0 Å². The van der Waals surface area contributed by atoms with Gasteiger partial charge in [-0.25, -0.2) is 15.0 Å². The first-order chi connectivity index (χ1) is 11.6. The number of benzene rings is 1. The molecule has 0 aliphatic heterocycles. The normalized spacial score (nSPS) is 11.1. The van der Waals surface area contributed by atoms with Gasteiger partial charge in [-0.1, -0.05) is 26.0 Å². The van der Waals surface area contributed by atoms with Crippen LogP contribution in [0.3, 0.4) is 0 Å². The minimum absolute atomic E-state index is 0.149. The molecule has 0 spiro atoms. The Balaban J connectivity index is 2.06. The molecule has 1 N–H and O–H groups in total. The van der Waals surface area contributed by atoms with Crippen molar-refractivity contribution in [3.05, 3.63) is 47.0 Å². The molecule has 1 aromatic carbocycles. The molecule has 0 aliphatic rings. The van der Waals surface area contributed by atoms with Crippen LogP contribution in [0.2, 0.25) is 0 Å². The third-order valence-corrected chi connectivity index (χ3v) is 3.68. The zero-order valence-corrected chi connectivity index (χ0v) is 13.5. The molecular weight excluding hydrogens is 308 g/mol. The second kappa shape index (κ2) is 6.61. The third kappa shape index (κ3) is 3.03. The fraction of sp³-hybridized carbons (Fsp3) is 0.312. The molecule has 3 rings (SSSR count). The Bertz CT molecular complexity index is 874. The molecule has 3 aromatic rings. The molecule has 0 fully saturated rings. The Hall–Kier alpha value is -3.03. The summed E-state index contributed by atoms with van der Waals surface area (Å²) in [7, 11) is 0. The molecule has 124 valence electrons. The standard InChI is InChI=1S/C16H18N6O2/c1-11(2)7-8-17-15-14(22(23)24)16(19-9-18-15)21-10-20-12-5-3-4-6-13(12)21/h3-6,9-11H,7-8H2,1-2H3,(H,17,18,19). The summed E-state index contributed by atoms with van der Waals surface area (Å²) in [5.41, 5.74) is 1.36. The minimum Gasteiger partial charge on any atom is -0.364 e. The smallest absolute Gasteiger partial charge is 0.354 e. The summed E-state index contributed by atoms with van der Waals surface area (Å²) in [6.45, 7) is 4.80. The molecule has 0 unspecified atom stereocenters. The summed E-state index contributed by atoms with van der Waals surface area (Å²) in [5, 5.41) is 14.7. The maximum Gasteiger partial charge on any atom is 0.354 e. The SMILES string of the molecule is CC(C)CCNc1ncnc(-n2cnc3ccccc32)c1[N+](=O)[O-]. The third-order valence-electron chi connectivity index (χ3n) is 3.68. The van der Waals surface area contributed by atoms with E-state index in [9.17, 15) is 10.1 Å². The number of aromatic nitrogens is 4. The Kier molecular flexibility index (Phi) is 4.37. The average molecular weight is 326 g/mol. The molecule has 2 heterocycles. The van der Waals surface area contributed by atoms with Crippen LogP contribution in [0.5, 0.6) is 0 Å². The van der Waals surface area contributed by atoms with Crippen LogP contribution in [0, 0.1) is 16.0 Å². The maximum atomic E-state index is 11.6. The van der Waals surface area contributed by atoms with Crippen molar-refractivity contribution in [3.8, 4) is 5.82 Å². The van der Waals surface area contributed by atoms with Crippen LogP contribution < -0.4 is 5.32 Å². The van der Waals surface area contributed by atoms with Crippen molar-refractivity contribution in [1.29, 1.82) is 0 Å². The van der Waals surface area contributed by atoms with E-state index in [1.54, 1.807) is 4.57 Å². The van der Waals surface area contributed by atoms with Gasteiger partial charge in [-0.05, 0) is 24.5 Å². The molecule has 2 aromatic heterocycles. The quantitative estimate of drug-likeness (QED) is 0.552.